The van der Waals surface area contributed by atoms with Crippen molar-refractivity contribution in [2.75, 3.05) is 13.2 Å². The number of rotatable bonds is 52. The normalized spacial score (nSPS) is 13.3. The Balaban J connectivity index is 4.56. The first-order valence-electron chi connectivity index (χ1n) is 30.0. The van der Waals surface area contributed by atoms with Gasteiger partial charge in [0.15, 0.2) is 6.10 Å². The summed E-state index contributed by atoms with van der Waals surface area (Å²) in [4.78, 5) is 38.2. The lowest BCUT2D eigenvalue weighted by atomic mass is 10.1. The van der Waals surface area contributed by atoms with E-state index in [0.717, 1.165) is 116 Å². The average molecular weight is 1030 g/mol. The zero-order valence-corrected chi connectivity index (χ0v) is 48.0. The van der Waals surface area contributed by atoms with E-state index in [-0.39, 0.29) is 38.0 Å². The molecule has 75 heavy (non-hydrogen) atoms. The molecule has 6 nitrogen and oxygen atoms in total. The standard InChI is InChI=1S/C69H108O6/c1-4-7-10-13-16-19-22-25-28-30-32-33-34-35-37-38-41-44-47-50-53-56-59-62-68(71)74-65-66(64-73-67(70)61-58-55-52-49-46-43-40-27-24-21-18-15-12-9-6-3)75-69(72)63-60-57-54-51-48-45-42-39-36-31-29-26-23-20-17-14-11-8-5-2/h8-9,11-12,17-18,20-22,25-27,29-30,32,34-36,39-40,45-46,48-49,54,57,66H,4-7,10,13-16,19,23-24,28,31,33,37-38,41-44,47,50-53,55-56,58-65H2,1-3H3/b11-8-,12-9-,20-17-,21-18-,25-22-,29-26-,32-30-,35-34-,39-36-,40-27-,48-45-,49-46-,57-54-. The van der Waals surface area contributed by atoms with E-state index in [1.54, 1.807) is 0 Å². The fourth-order valence-corrected chi connectivity index (χ4v) is 7.58. The largest absolute Gasteiger partial charge is 0.462 e. The van der Waals surface area contributed by atoms with Crippen molar-refractivity contribution in [1.29, 1.82) is 0 Å². The number of carbonyl (C=O) groups excluding carboxylic acids is 3. The highest BCUT2D eigenvalue weighted by Crippen LogP contribution is 2.13. The molecule has 0 spiro atoms. The Morgan fingerprint density at radius 3 is 0.893 bits per heavy atom. The van der Waals surface area contributed by atoms with Crippen molar-refractivity contribution in [3.05, 3.63) is 158 Å². The average Bonchev–Trinajstić information content (AvgIpc) is 3.41. The monoisotopic (exact) mass is 1030 g/mol. The fourth-order valence-electron chi connectivity index (χ4n) is 7.58. The molecule has 0 bridgehead atoms. The topological polar surface area (TPSA) is 78.9 Å². The summed E-state index contributed by atoms with van der Waals surface area (Å²) in [6.45, 7) is 6.28. The van der Waals surface area contributed by atoms with E-state index in [4.69, 9.17) is 14.2 Å². The van der Waals surface area contributed by atoms with Crippen LogP contribution in [0.3, 0.4) is 0 Å². The first-order valence-corrected chi connectivity index (χ1v) is 30.0. The maximum Gasteiger partial charge on any atom is 0.306 e. The van der Waals surface area contributed by atoms with Crippen molar-refractivity contribution >= 4 is 17.9 Å². The molecule has 0 aromatic rings. The zero-order valence-electron chi connectivity index (χ0n) is 48.0. The molecule has 0 rings (SSSR count). The van der Waals surface area contributed by atoms with Crippen LogP contribution in [0.15, 0.2) is 158 Å². The fraction of sp³-hybridized carbons (Fsp3) is 0.580. The van der Waals surface area contributed by atoms with Crippen LogP contribution in [0, 0.1) is 0 Å². The molecule has 0 saturated carbocycles. The van der Waals surface area contributed by atoms with Gasteiger partial charge in [0, 0.05) is 19.3 Å². The third-order valence-corrected chi connectivity index (χ3v) is 12.0. The lowest BCUT2D eigenvalue weighted by Gasteiger charge is -2.18. The van der Waals surface area contributed by atoms with Crippen molar-refractivity contribution in [1.82, 2.24) is 0 Å². The SMILES string of the molecule is CC/C=C\C/C=C\C/C=C\C/C=C\C/C=C\C/C=C\CCC(=O)OC(COC(=O)CCCC/C=C\C/C=C\C/C=C\C/C=C\CC)COC(=O)CCCCCCCCCC/C=C\C/C=C\C/C=C\CCCCCCC. The van der Waals surface area contributed by atoms with Crippen LogP contribution in [0.1, 0.15) is 239 Å². The molecule has 0 aromatic carbocycles. The Labute approximate surface area is 460 Å². The first kappa shape index (κ1) is 70.0. The lowest BCUT2D eigenvalue weighted by Crippen LogP contribution is -2.30. The molecule has 0 aliphatic carbocycles. The van der Waals surface area contributed by atoms with E-state index in [1.165, 1.54) is 70.6 Å². The van der Waals surface area contributed by atoms with Gasteiger partial charge >= 0.3 is 17.9 Å². The molecule has 0 amide bonds. The number of hydrogen-bond donors (Lipinski definition) is 0. The van der Waals surface area contributed by atoms with Crippen molar-refractivity contribution in [2.45, 2.75) is 245 Å². The van der Waals surface area contributed by atoms with Gasteiger partial charge in [-0.05, 0) is 135 Å². The summed E-state index contributed by atoms with van der Waals surface area (Å²) in [7, 11) is 0. The second kappa shape index (κ2) is 61.6. The van der Waals surface area contributed by atoms with E-state index in [1.807, 2.05) is 12.2 Å². The van der Waals surface area contributed by atoms with Gasteiger partial charge in [-0.3, -0.25) is 14.4 Å². The van der Waals surface area contributed by atoms with E-state index < -0.39 is 12.1 Å². The Bertz CT molecular complexity index is 1710. The maximum atomic E-state index is 12.8. The molecule has 0 radical (unpaired) electrons. The second-order valence-electron chi connectivity index (χ2n) is 19.1. The van der Waals surface area contributed by atoms with Crippen molar-refractivity contribution in [2.24, 2.45) is 0 Å². The van der Waals surface area contributed by atoms with Crippen LogP contribution in [-0.2, 0) is 28.6 Å². The minimum Gasteiger partial charge on any atom is -0.462 e. The molecule has 420 valence electrons. The predicted molar refractivity (Wildman–Crippen MR) is 325 cm³/mol. The number of esters is 3. The van der Waals surface area contributed by atoms with Crippen LogP contribution >= 0.6 is 0 Å². The molecule has 1 atom stereocenters. The van der Waals surface area contributed by atoms with Gasteiger partial charge in [-0.15, -0.1) is 0 Å². The molecule has 0 N–H and O–H groups in total. The number of carbonyl (C=O) groups is 3. The summed E-state index contributed by atoms with van der Waals surface area (Å²) >= 11 is 0. The molecule has 0 heterocycles. The van der Waals surface area contributed by atoms with Gasteiger partial charge in [-0.1, -0.05) is 243 Å². The minimum atomic E-state index is -0.848. The molecule has 0 aliphatic rings. The molecule has 0 aliphatic heterocycles. The lowest BCUT2D eigenvalue weighted by molar-refractivity contribution is -0.166. The number of ether oxygens (including phenoxy) is 3. The third kappa shape index (κ3) is 59.8. The number of unbranched alkanes of at least 4 members (excludes halogenated alkanes) is 15. The predicted octanol–water partition coefficient (Wildman–Crippen LogP) is 20.5. The summed E-state index contributed by atoms with van der Waals surface area (Å²) in [5, 5.41) is 0. The van der Waals surface area contributed by atoms with Gasteiger partial charge in [0.05, 0.1) is 0 Å². The van der Waals surface area contributed by atoms with Gasteiger partial charge in [0.25, 0.3) is 0 Å². The van der Waals surface area contributed by atoms with Crippen LogP contribution in [0.25, 0.3) is 0 Å². The van der Waals surface area contributed by atoms with E-state index >= 15 is 0 Å². The van der Waals surface area contributed by atoms with Crippen molar-refractivity contribution in [3.63, 3.8) is 0 Å². The van der Waals surface area contributed by atoms with Crippen LogP contribution < -0.4 is 0 Å². The smallest absolute Gasteiger partial charge is 0.306 e. The number of hydrogen-bond acceptors (Lipinski definition) is 6. The van der Waals surface area contributed by atoms with E-state index in [9.17, 15) is 14.4 Å². The molecule has 0 saturated heterocycles. The summed E-state index contributed by atoms with van der Waals surface area (Å²) in [5.41, 5.74) is 0. The van der Waals surface area contributed by atoms with Crippen LogP contribution in [0.2, 0.25) is 0 Å². The van der Waals surface area contributed by atoms with Crippen LogP contribution in [0.4, 0.5) is 0 Å². The molecule has 6 heteroatoms. The third-order valence-electron chi connectivity index (χ3n) is 12.0. The summed E-state index contributed by atoms with van der Waals surface area (Å²) in [6, 6.07) is 0. The van der Waals surface area contributed by atoms with Crippen LogP contribution in [0.5, 0.6) is 0 Å². The van der Waals surface area contributed by atoms with Gasteiger partial charge in [0.1, 0.15) is 13.2 Å². The van der Waals surface area contributed by atoms with Crippen molar-refractivity contribution in [3.8, 4) is 0 Å². The van der Waals surface area contributed by atoms with Gasteiger partial charge in [-0.25, -0.2) is 0 Å². The highest BCUT2D eigenvalue weighted by molar-refractivity contribution is 5.71. The molecule has 0 fully saturated rings. The van der Waals surface area contributed by atoms with Gasteiger partial charge in [-0.2, -0.15) is 0 Å². The molecular weight excluding hydrogens is 925 g/mol. The highest BCUT2D eigenvalue weighted by atomic mass is 16.6. The first-order chi connectivity index (χ1) is 37.0. The maximum absolute atomic E-state index is 12.8. The molecular formula is C69H108O6. The van der Waals surface area contributed by atoms with Crippen molar-refractivity contribution < 1.29 is 28.6 Å². The zero-order chi connectivity index (χ0) is 54.3. The van der Waals surface area contributed by atoms with E-state index in [0.29, 0.717) is 19.3 Å². The molecule has 0 aromatic heterocycles. The minimum absolute atomic E-state index is 0.133. The van der Waals surface area contributed by atoms with Gasteiger partial charge in [0.2, 0.25) is 0 Å². The summed E-state index contributed by atoms with van der Waals surface area (Å²) in [5.74, 6) is -1.07. The van der Waals surface area contributed by atoms with Crippen LogP contribution in [-0.4, -0.2) is 37.2 Å². The Kier molecular flexibility index (Phi) is 57.5. The summed E-state index contributed by atoms with van der Waals surface area (Å²) in [6.07, 6.45) is 89.7. The Morgan fingerprint density at radius 2 is 0.547 bits per heavy atom. The Hall–Kier alpha value is -4.97. The highest BCUT2D eigenvalue weighted by Gasteiger charge is 2.19. The summed E-state index contributed by atoms with van der Waals surface area (Å²) < 4.78 is 16.8. The molecule has 1 unspecified atom stereocenters. The quantitative estimate of drug-likeness (QED) is 0.0261. The Morgan fingerprint density at radius 1 is 0.280 bits per heavy atom. The van der Waals surface area contributed by atoms with E-state index in [2.05, 4.69) is 167 Å². The number of allylic oxidation sites excluding steroid dienone is 26. The second-order valence-corrected chi connectivity index (χ2v) is 19.1. The van der Waals surface area contributed by atoms with Gasteiger partial charge < -0.3 is 14.2 Å².